The minimum absolute atomic E-state index is 0.0566. The van der Waals surface area contributed by atoms with Crippen LogP contribution in [0, 0.1) is 0 Å². The third-order valence-electron chi connectivity index (χ3n) is 3.81. The molecule has 1 aliphatic heterocycles. The van der Waals surface area contributed by atoms with Gasteiger partial charge in [0.2, 0.25) is 5.95 Å². The second-order valence-corrected chi connectivity index (χ2v) is 5.90. The Morgan fingerprint density at radius 1 is 1.23 bits per heavy atom. The van der Waals surface area contributed by atoms with E-state index in [2.05, 4.69) is 14.9 Å². The van der Waals surface area contributed by atoms with Crippen molar-refractivity contribution < 1.29 is 9.84 Å². The van der Waals surface area contributed by atoms with E-state index in [-0.39, 0.29) is 6.61 Å². The molecule has 0 radical (unpaired) electrons. The van der Waals surface area contributed by atoms with Crippen LogP contribution in [-0.2, 0) is 11.2 Å². The van der Waals surface area contributed by atoms with Gasteiger partial charge in [-0.05, 0) is 23.8 Å². The van der Waals surface area contributed by atoms with Gasteiger partial charge in [0.1, 0.15) is 5.60 Å². The van der Waals surface area contributed by atoms with E-state index in [1.807, 2.05) is 24.3 Å². The van der Waals surface area contributed by atoms with Crippen molar-refractivity contribution in [3.05, 3.63) is 53.3 Å². The molecule has 6 heteroatoms. The Kier molecular flexibility index (Phi) is 4.57. The summed E-state index contributed by atoms with van der Waals surface area (Å²) in [5, 5.41) is 10.6. The molecule has 22 heavy (non-hydrogen) atoms. The molecule has 0 unspecified atom stereocenters. The average molecular weight is 320 g/mol. The quantitative estimate of drug-likeness (QED) is 0.933. The molecule has 2 aromatic rings. The van der Waals surface area contributed by atoms with Crippen molar-refractivity contribution in [3.63, 3.8) is 0 Å². The van der Waals surface area contributed by atoms with Gasteiger partial charge in [0, 0.05) is 30.4 Å². The predicted molar refractivity (Wildman–Crippen MR) is 85.2 cm³/mol. The van der Waals surface area contributed by atoms with Crippen molar-refractivity contribution in [3.8, 4) is 0 Å². The van der Waals surface area contributed by atoms with Gasteiger partial charge in [0.05, 0.1) is 19.8 Å². The number of aliphatic hydroxyl groups is 1. The second-order valence-electron chi connectivity index (χ2n) is 5.46. The molecule has 0 saturated carbocycles. The standard InChI is InChI=1S/C16H18ClN3O2/c17-14-4-2-13(3-5-14)10-16(12-21)11-20(8-9-22-16)15-18-6-1-7-19-15/h1-7,21H,8-12H2/t16-/m1/s1. The lowest BCUT2D eigenvalue weighted by Gasteiger charge is -2.41. The van der Waals surface area contributed by atoms with Crippen LogP contribution in [0.3, 0.4) is 0 Å². The number of halogens is 1. The van der Waals surface area contributed by atoms with E-state index >= 15 is 0 Å². The highest BCUT2D eigenvalue weighted by atomic mass is 35.5. The average Bonchev–Trinajstić information content (AvgIpc) is 2.58. The Hall–Kier alpha value is -1.69. The van der Waals surface area contributed by atoms with Crippen LogP contribution >= 0.6 is 11.6 Å². The van der Waals surface area contributed by atoms with Gasteiger partial charge in [-0.2, -0.15) is 0 Å². The highest BCUT2D eigenvalue weighted by molar-refractivity contribution is 6.30. The maximum absolute atomic E-state index is 9.90. The van der Waals surface area contributed by atoms with Crippen LogP contribution in [0.2, 0.25) is 5.02 Å². The molecule has 1 fully saturated rings. The third-order valence-corrected chi connectivity index (χ3v) is 4.06. The fourth-order valence-corrected chi connectivity index (χ4v) is 2.83. The maximum atomic E-state index is 9.90. The first-order chi connectivity index (χ1) is 10.7. The topological polar surface area (TPSA) is 58.5 Å². The summed E-state index contributed by atoms with van der Waals surface area (Å²) < 4.78 is 5.92. The Morgan fingerprint density at radius 2 is 1.95 bits per heavy atom. The van der Waals surface area contributed by atoms with Gasteiger partial charge in [-0.25, -0.2) is 9.97 Å². The molecule has 0 bridgehead atoms. The lowest BCUT2D eigenvalue weighted by Crippen LogP contribution is -2.55. The molecular weight excluding hydrogens is 302 g/mol. The molecule has 2 heterocycles. The van der Waals surface area contributed by atoms with Crippen molar-refractivity contribution in [1.29, 1.82) is 0 Å². The molecule has 116 valence electrons. The minimum Gasteiger partial charge on any atom is -0.393 e. The van der Waals surface area contributed by atoms with Gasteiger partial charge >= 0.3 is 0 Å². The molecule has 0 amide bonds. The van der Waals surface area contributed by atoms with Gasteiger partial charge < -0.3 is 14.7 Å². The number of aliphatic hydroxyl groups excluding tert-OH is 1. The number of nitrogens with zero attached hydrogens (tertiary/aromatic N) is 3. The number of anilines is 1. The van der Waals surface area contributed by atoms with Crippen molar-refractivity contribution in [2.24, 2.45) is 0 Å². The summed E-state index contributed by atoms with van der Waals surface area (Å²) in [4.78, 5) is 10.6. The lowest BCUT2D eigenvalue weighted by atomic mass is 9.93. The monoisotopic (exact) mass is 319 g/mol. The number of benzene rings is 1. The van der Waals surface area contributed by atoms with Crippen molar-refractivity contribution >= 4 is 17.5 Å². The van der Waals surface area contributed by atoms with Crippen LogP contribution in [0.15, 0.2) is 42.7 Å². The van der Waals surface area contributed by atoms with Crippen molar-refractivity contribution in [1.82, 2.24) is 9.97 Å². The summed E-state index contributed by atoms with van der Waals surface area (Å²) in [5.41, 5.74) is 0.430. The molecule has 0 aliphatic carbocycles. The highest BCUT2D eigenvalue weighted by Crippen LogP contribution is 2.25. The molecule has 1 aliphatic rings. The SMILES string of the molecule is OC[C@@]1(Cc2ccc(Cl)cc2)CN(c2ncccn2)CCO1. The van der Waals surface area contributed by atoms with Crippen LogP contribution in [0.25, 0.3) is 0 Å². The summed E-state index contributed by atoms with van der Waals surface area (Å²) in [6, 6.07) is 9.41. The van der Waals surface area contributed by atoms with E-state index in [1.54, 1.807) is 18.5 Å². The van der Waals surface area contributed by atoms with E-state index in [1.165, 1.54) is 0 Å². The number of rotatable bonds is 4. The first-order valence-corrected chi connectivity index (χ1v) is 7.60. The van der Waals surface area contributed by atoms with Crippen LogP contribution in [-0.4, -0.2) is 47.0 Å². The summed E-state index contributed by atoms with van der Waals surface area (Å²) in [7, 11) is 0. The number of ether oxygens (including phenoxy) is 1. The van der Waals surface area contributed by atoms with E-state index in [0.29, 0.717) is 37.1 Å². The lowest BCUT2D eigenvalue weighted by molar-refractivity contribution is -0.0871. The van der Waals surface area contributed by atoms with Crippen LogP contribution in [0.1, 0.15) is 5.56 Å². The zero-order valence-corrected chi connectivity index (χ0v) is 12.9. The van der Waals surface area contributed by atoms with Crippen LogP contribution in [0.5, 0.6) is 0 Å². The highest BCUT2D eigenvalue weighted by Gasteiger charge is 2.37. The molecule has 1 atom stereocenters. The molecule has 3 rings (SSSR count). The van der Waals surface area contributed by atoms with Crippen LogP contribution < -0.4 is 4.90 Å². The molecule has 1 saturated heterocycles. The second kappa shape index (κ2) is 6.60. The normalized spacial score (nSPS) is 21.8. The number of aromatic nitrogens is 2. The molecule has 5 nitrogen and oxygen atoms in total. The van der Waals surface area contributed by atoms with Gasteiger partial charge in [-0.3, -0.25) is 0 Å². The van der Waals surface area contributed by atoms with Crippen molar-refractivity contribution in [2.75, 3.05) is 31.2 Å². The van der Waals surface area contributed by atoms with Gasteiger partial charge in [0.15, 0.2) is 0 Å². The summed E-state index contributed by atoms with van der Waals surface area (Å²) in [6.07, 6.45) is 4.05. The largest absolute Gasteiger partial charge is 0.393 e. The smallest absolute Gasteiger partial charge is 0.225 e. The Bertz CT molecular complexity index is 609. The predicted octanol–water partition coefficient (Wildman–Crippen LogP) is 1.94. The maximum Gasteiger partial charge on any atom is 0.225 e. The number of morpholine rings is 1. The van der Waals surface area contributed by atoms with E-state index in [0.717, 1.165) is 5.56 Å². The minimum atomic E-state index is -0.648. The van der Waals surface area contributed by atoms with E-state index < -0.39 is 5.60 Å². The van der Waals surface area contributed by atoms with Crippen LogP contribution in [0.4, 0.5) is 5.95 Å². The first kappa shape index (κ1) is 15.2. The van der Waals surface area contributed by atoms with Crippen molar-refractivity contribution in [2.45, 2.75) is 12.0 Å². The summed E-state index contributed by atoms with van der Waals surface area (Å²) in [6.45, 7) is 1.74. The zero-order valence-electron chi connectivity index (χ0n) is 12.2. The molecule has 0 spiro atoms. The number of hydrogen-bond donors (Lipinski definition) is 1. The zero-order chi connectivity index (χ0) is 15.4. The fraction of sp³-hybridized carbons (Fsp3) is 0.375. The third kappa shape index (κ3) is 3.38. The van der Waals surface area contributed by atoms with E-state index in [9.17, 15) is 5.11 Å². The molecule has 1 aromatic heterocycles. The Balaban J connectivity index is 1.78. The summed E-state index contributed by atoms with van der Waals surface area (Å²) in [5.74, 6) is 0.666. The molecule has 1 N–H and O–H groups in total. The molecular formula is C16H18ClN3O2. The first-order valence-electron chi connectivity index (χ1n) is 7.22. The fourth-order valence-electron chi connectivity index (χ4n) is 2.70. The Morgan fingerprint density at radius 3 is 2.64 bits per heavy atom. The summed E-state index contributed by atoms with van der Waals surface area (Å²) >= 11 is 5.92. The van der Waals surface area contributed by atoms with Gasteiger partial charge in [0.25, 0.3) is 0 Å². The molecule has 1 aromatic carbocycles. The Labute approximate surface area is 134 Å². The van der Waals surface area contributed by atoms with Gasteiger partial charge in [-0.15, -0.1) is 0 Å². The van der Waals surface area contributed by atoms with E-state index in [4.69, 9.17) is 16.3 Å². The number of hydrogen-bond acceptors (Lipinski definition) is 5. The van der Waals surface area contributed by atoms with Gasteiger partial charge in [-0.1, -0.05) is 23.7 Å².